The first-order valence-electron chi connectivity index (χ1n) is 4.86. The van der Waals surface area contributed by atoms with Crippen LogP contribution in [0.5, 0.6) is 0 Å². The third kappa shape index (κ3) is 2.48. The van der Waals surface area contributed by atoms with Crippen molar-refractivity contribution in [3.8, 4) is 0 Å². The fraction of sp³-hybridized carbons (Fsp3) is 0.500. The van der Waals surface area contributed by atoms with Gasteiger partial charge in [-0.1, -0.05) is 27.5 Å². The van der Waals surface area contributed by atoms with E-state index in [1.165, 1.54) is 12.8 Å². The van der Waals surface area contributed by atoms with Crippen LogP contribution in [-0.2, 0) is 0 Å². The summed E-state index contributed by atoms with van der Waals surface area (Å²) in [6.45, 7) is 1.07. The molecule has 2 rings (SSSR count). The van der Waals surface area contributed by atoms with Crippen LogP contribution in [0, 0.1) is 0 Å². The zero-order chi connectivity index (χ0) is 10.8. The predicted molar refractivity (Wildman–Crippen MR) is 71.1 cm³/mol. The van der Waals surface area contributed by atoms with Gasteiger partial charge in [0.15, 0.2) is 0 Å². The Bertz CT molecular complexity index is 359. The second-order valence-electron chi connectivity index (χ2n) is 3.60. The van der Waals surface area contributed by atoms with Crippen molar-refractivity contribution in [3.05, 3.63) is 21.8 Å². The predicted octanol–water partition coefficient (Wildman–Crippen LogP) is 3.86. The minimum atomic E-state index is 0.551. The van der Waals surface area contributed by atoms with Crippen LogP contribution < -0.4 is 4.90 Å². The van der Waals surface area contributed by atoms with E-state index in [1.807, 2.05) is 6.07 Å². The van der Waals surface area contributed by atoms with E-state index in [9.17, 15) is 0 Å². The van der Waals surface area contributed by atoms with E-state index in [4.69, 9.17) is 11.6 Å². The summed E-state index contributed by atoms with van der Waals surface area (Å²) in [6, 6.07) is 2.45. The van der Waals surface area contributed by atoms with Crippen LogP contribution in [0.1, 0.15) is 12.8 Å². The van der Waals surface area contributed by atoms with Crippen molar-refractivity contribution in [3.63, 3.8) is 0 Å². The second kappa shape index (κ2) is 5.02. The summed E-state index contributed by atoms with van der Waals surface area (Å²) in [6.07, 6.45) is 4.15. The van der Waals surface area contributed by atoms with Gasteiger partial charge in [-0.3, -0.25) is 0 Å². The Kier molecular flexibility index (Phi) is 3.91. The van der Waals surface area contributed by atoms with Gasteiger partial charge in [-0.25, -0.2) is 4.98 Å². The molecule has 0 aromatic carbocycles. The van der Waals surface area contributed by atoms with E-state index in [2.05, 4.69) is 41.7 Å². The fourth-order valence-electron chi connectivity index (χ4n) is 1.89. The van der Waals surface area contributed by atoms with E-state index >= 15 is 0 Å². The van der Waals surface area contributed by atoms with E-state index in [1.54, 1.807) is 6.20 Å². The molecule has 0 aliphatic carbocycles. The number of hydrogen-bond acceptors (Lipinski definition) is 2. The number of nitrogens with zero attached hydrogens (tertiary/aromatic N) is 2. The Morgan fingerprint density at radius 3 is 3.07 bits per heavy atom. The normalized spacial score (nSPS) is 21.0. The molecule has 1 atom stereocenters. The maximum absolute atomic E-state index is 5.87. The van der Waals surface area contributed by atoms with Crippen molar-refractivity contribution in [1.82, 2.24) is 4.98 Å². The molecular weight excluding hydrogens is 343 g/mol. The highest BCUT2D eigenvalue weighted by molar-refractivity contribution is 9.10. The van der Waals surface area contributed by atoms with Gasteiger partial charge in [0.2, 0.25) is 0 Å². The molecule has 2 nitrogen and oxygen atoms in total. The number of anilines is 1. The molecule has 0 radical (unpaired) electrons. The number of aromatic nitrogens is 1. The molecular formula is C10H11Br2ClN2. The Balaban J connectivity index is 2.28. The lowest BCUT2D eigenvalue weighted by molar-refractivity contribution is 0.740. The summed E-state index contributed by atoms with van der Waals surface area (Å²) in [5, 5.41) is 1.66. The van der Waals surface area contributed by atoms with Crippen LogP contribution in [0.3, 0.4) is 0 Å². The van der Waals surface area contributed by atoms with Crippen molar-refractivity contribution < 1.29 is 0 Å². The third-order valence-corrected chi connectivity index (χ3v) is 4.15. The van der Waals surface area contributed by atoms with Gasteiger partial charge in [0, 0.05) is 24.1 Å². The quantitative estimate of drug-likeness (QED) is 0.750. The van der Waals surface area contributed by atoms with Crippen LogP contribution in [0.15, 0.2) is 16.7 Å². The molecule has 1 fully saturated rings. The minimum Gasteiger partial charge on any atom is -0.352 e. The number of halogens is 3. The molecule has 1 saturated heterocycles. The summed E-state index contributed by atoms with van der Waals surface area (Å²) < 4.78 is 0.975. The largest absolute Gasteiger partial charge is 0.352 e. The summed E-state index contributed by atoms with van der Waals surface area (Å²) in [5.41, 5.74) is 0. The molecule has 2 heterocycles. The van der Waals surface area contributed by atoms with E-state index < -0.39 is 0 Å². The Morgan fingerprint density at radius 1 is 1.60 bits per heavy atom. The Labute approximate surface area is 111 Å². The van der Waals surface area contributed by atoms with Gasteiger partial charge in [0.05, 0.1) is 9.50 Å². The van der Waals surface area contributed by atoms with Gasteiger partial charge >= 0.3 is 0 Å². The topological polar surface area (TPSA) is 16.1 Å². The van der Waals surface area contributed by atoms with E-state index in [-0.39, 0.29) is 0 Å². The summed E-state index contributed by atoms with van der Waals surface area (Å²) in [5.74, 6) is 1.00. The average molecular weight is 354 g/mol. The molecule has 15 heavy (non-hydrogen) atoms. The summed E-state index contributed by atoms with van der Waals surface area (Å²) in [7, 11) is 0. The molecule has 1 aliphatic heterocycles. The highest BCUT2D eigenvalue weighted by Gasteiger charge is 2.25. The van der Waals surface area contributed by atoms with Crippen LogP contribution in [0.25, 0.3) is 0 Å². The summed E-state index contributed by atoms with van der Waals surface area (Å²) >= 11 is 12.9. The molecule has 82 valence electrons. The molecule has 1 aromatic heterocycles. The number of pyridine rings is 1. The van der Waals surface area contributed by atoms with Crippen LogP contribution in [-0.4, -0.2) is 22.9 Å². The lowest BCUT2D eigenvalue weighted by Gasteiger charge is -2.25. The van der Waals surface area contributed by atoms with Crippen molar-refractivity contribution in [2.45, 2.75) is 18.9 Å². The molecule has 0 bridgehead atoms. The molecule has 1 aromatic rings. The van der Waals surface area contributed by atoms with Crippen molar-refractivity contribution >= 4 is 49.3 Å². The minimum absolute atomic E-state index is 0.551. The smallest absolute Gasteiger partial charge is 0.143 e. The third-order valence-electron chi connectivity index (χ3n) is 2.62. The number of hydrogen-bond donors (Lipinski definition) is 0. The van der Waals surface area contributed by atoms with Gasteiger partial charge in [0.1, 0.15) is 5.82 Å². The standard InChI is InChI=1S/C10H11Br2ClN2/c11-5-8-2-1-3-15(8)10-9(12)4-7(13)6-14-10/h4,6,8H,1-3,5H2. The van der Waals surface area contributed by atoms with Gasteiger partial charge in [0.25, 0.3) is 0 Å². The summed E-state index contributed by atoms with van der Waals surface area (Å²) in [4.78, 5) is 6.71. The first-order valence-corrected chi connectivity index (χ1v) is 7.15. The molecule has 0 saturated carbocycles. The van der Waals surface area contributed by atoms with E-state index in [0.717, 1.165) is 22.2 Å². The monoisotopic (exact) mass is 352 g/mol. The number of rotatable bonds is 2. The molecule has 5 heteroatoms. The first kappa shape index (κ1) is 11.7. The van der Waals surface area contributed by atoms with Gasteiger partial charge in [-0.05, 0) is 34.8 Å². The second-order valence-corrected chi connectivity index (χ2v) is 5.54. The van der Waals surface area contributed by atoms with Crippen LogP contribution in [0.2, 0.25) is 5.02 Å². The highest BCUT2D eigenvalue weighted by atomic mass is 79.9. The molecule has 0 N–H and O–H groups in total. The molecule has 0 spiro atoms. The van der Waals surface area contributed by atoms with Crippen LogP contribution >= 0.6 is 43.5 Å². The molecule has 1 unspecified atom stereocenters. The zero-order valence-corrected chi connectivity index (χ0v) is 12.0. The van der Waals surface area contributed by atoms with Gasteiger partial charge < -0.3 is 4.90 Å². The van der Waals surface area contributed by atoms with Crippen molar-refractivity contribution in [2.24, 2.45) is 0 Å². The zero-order valence-electron chi connectivity index (χ0n) is 8.09. The van der Waals surface area contributed by atoms with Crippen molar-refractivity contribution in [1.29, 1.82) is 0 Å². The lowest BCUT2D eigenvalue weighted by atomic mass is 10.2. The molecule has 0 amide bonds. The van der Waals surface area contributed by atoms with Gasteiger partial charge in [-0.2, -0.15) is 0 Å². The maximum atomic E-state index is 5.87. The van der Waals surface area contributed by atoms with Gasteiger partial charge in [-0.15, -0.1) is 0 Å². The number of alkyl halides is 1. The average Bonchev–Trinajstić information content (AvgIpc) is 2.65. The van der Waals surface area contributed by atoms with Crippen LogP contribution in [0.4, 0.5) is 5.82 Å². The van der Waals surface area contributed by atoms with E-state index in [0.29, 0.717) is 11.1 Å². The lowest BCUT2D eigenvalue weighted by Crippen LogP contribution is -2.31. The first-order chi connectivity index (χ1) is 7.22. The van der Waals surface area contributed by atoms with Crippen molar-refractivity contribution in [2.75, 3.05) is 16.8 Å². The Morgan fingerprint density at radius 2 is 2.40 bits per heavy atom. The fourth-order valence-corrected chi connectivity index (χ4v) is 3.43. The maximum Gasteiger partial charge on any atom is 0.143 e. The SMILES string of the molecule is Clc1cnc(N2CCCC2CBr)c(Br)c1. The Hall–Kier alpha value is 0.200. The molecule has 1 aliphatic rings. The highest BCUT2D eigenvalue weighted by Crippen LogP contribution is 2.32.